The lowest BCUT2D eigenvalue weighted by Gasteiger charge is -2.14. The van der Waals surface area contributed by atoms with E-state index in [-0.39, 0.29) is 5.91 Å². The maximum atomic E-state index is 12.1. The van der Waals surface area contributed by atoms with E-state index >= 15 is 0 Å². The van der Waals surface area contributed by atoms with Crippen LogP contribution in [0.5, 0.6) is 0 Å². The van der Waals surface area contributed by atoms with E-state index in [2.05, 4.69) is 13.0 Å². The number of benzene rings is 1. The van der Waals surface area contributed by atoms with Crippen LogP contribution in [0.1, 0.15) is 47.7 Å². The number of hydrogen-bond acceptors (Lipinski definition) is 2. The van der Waals surface area contributed by atoms with Gasteiger partial charge in [-0.05, 0) is 24.1 Å². The molecular formula is C14H16N2O. The molecule has 88 valence electrons. The van der Waals surface area contributed by atoms with Crippen molar-refractivity contribution in [3.05, 3.63) is 34.9 Å². The van der Waals surface area contributed by atoms with Gasteiger partial charge >= 0.3 is 0 Å². The fourth-order valence-electron chi connectivity index (χ4n) is 2.16. The van der Waals surface area contributed by atoms with E-state index in [0.717, 1.165) is 31.4 Å². The Morgan fingerprint density at radius 3 is 2.94 bits per heavy atom. The van der Waals surface area contributed by atoms with Crippen LogP contribution in [0, 0.1) is 11.3 Å². The first-order valence-electron chi connectivity index (χ1n) is 6.08. The van der Waals surface area contributed by atoms with Crippen LogP contribution in [0.15, 0.2) is 18.2 Å². The predicted octanol–water partition coefficient (Wildman–Crippen LogP) is 2.70. The van der Waals surface area contributed by atoms with Gasteiger partial charge in [0.1, 0.15) is 0 Å². The Morgan fingerprint density at radius 1 is 1.41 bits per heavy atom. The lowest BCUT2D eigenvalue weighted by molar-refractivity contribution is 0.0775. The number of fused-ring (bicyclic) bond motifs is 1. The van der Waals surface area contributed by atoms with E-state index in [1.165, 1.54) is 0 Å². The van der Waals surface area contributed by atoms with Crippen molar-refractivity contribution in [3.8, 4) is 6.07 Å². The van der Waals surface area contributed by atoms with Gasteiger partial charge in [0.15, 0.2) is 0 Å². The largest absolute Gasteiger partial charge is 0.334 e. The highest BCUT2D eigenvalue weighted by molar-refractivity contribution is 5.98. The zero-order valence-corrected chi connectivity index (χ0v) is 10.1. The summed E-state index contributed by atoms with van der Waals surface area (Å²) in [6.45, 7) is 3.67. The number of nitrogens with zero attached hydrogens (tertiary/aromatic N) is 2. The zero-order chi connectivity index (χ0) is 12.3. The van der Waals surface area contributed by atoms with E-state index in [4.69, 9.17) is 5.26 Å². The molecule has 1 aliphatic rings. The summed E-state index contributed by atoms with van der Waals surface area (Å²) in [5.74, 6) is 0.0770. The molecule has 1 aromatic rings. The van der Waals surface area contributed by atoms with Crippen LogP contribution in [0.4, 0.5) is 0 Å². The van der Waals surface area contributed by atoms with Crippen molar-refractivity contribution in [1.29, 1.82) is 5.26 Å². The van der Waals surface area contributed by atoms with Crippen LogP contribution in [0.2, 0.25) is 0 Å². The first-order chi connectivity index (χ1) is 8.26. The molecule has 0 unspecified atom stereocenters. The molecule has 0 atom stereocenters. The average Bonchev–Trinajstić information content (AvgIpc) is 2.66. The van der Waals surface area contributed by atoms with E-state index < -0.39 is 0 Å². The molecule has 0 N–H and O–H groups in total. The lowest BCUT2D eigenvalue weighted by Crippen LogP contribution is -2.24. The average molecular weight is 228 g/mol. The molecule has 0 spiro atoms. The molecular weight excluding hydrogens is 212 g/mol. The highest BCUT2D eigenvalue weighted by Crippen LogP contribution is 2.24. The summed E-state index contributed by atoms with van der Waals surface area (Å²) in [5.41, 5.74) is 2.32. The quantitative estimate of drug-likeness (QED) is 0.744. The summed E-state index contributed by atoms with van der Waals surface area (Å²) in [7, 11) is 0. The van der Waals surface area contributed by atoms with Crippen LogP contribution >= 0.6 is 0 Å². The minimum Gasteiger partial charge on any atom is -0.334 e. The molecule has 1 amide bonds. The number of carbonyl (C=O) groups is 1. The third kappa shape index (κ3) is 2.31. The fourth-order valence-corrected chi connectivity index (χ4v) is 2.16. The number of rotatable bonds is 4. The van der Waals surface area contributed by atoms with Gasteiger partial charge in [-0.2, -0.15) is 5.26 Å². The Morgan fingerprint density at radius 2 is 2.24 bits per heavy atom. The summed E-state index contributed by atoms with van der Waals surface area (Å²) in [6.07, 6.45) is 3.37. The van der Waals surface area contributed by atoms with Crippen molar-refractivity contribution in [2.45, 2.75) is 32.7 Å². The van der Waals surface area contributed by atoms with E-state index in [0.29, 0.717) is 17.7 Å². The standard InChI is InChI=1S/C14H16N2O/c1-2-3-4-7-16-10-12-6-5-11(9-15)8-13(12)14(16)17/h5-6,8H,2-4,7,10H2,1H3. The normalized spacial score (nSPS) is 13.6. The van der Waals surface area contributed by atoms with Crippen molar-refractivity contribution in [2.75, 3.05) is 6.54 Å². The van der Waals surface area contributed by atoms with Crippen molar-refractivity contribution < 1.29 is 4.79 Å². The Kier molecular flexibility index (Phi) is 3.43. The minimum atomic E-state index is 0.0770. The Bertz CT molecular complexity index is 474. The summed E-state index contributed by atoms with van der Waals surface area (Å²) in [6, 6.07) is 7.45. The Labute approximate surface area is 102 Å². The number of hydrogen-bond donors (Lipinski definition) is 0. The summed E-state index contributed by atoms with van der Waals surface area (Å²) in [4.78, 5) is 14.0. The van der Waals surface area contributed by atoms with Crippen molar-refractivity contribution in [3.63, 3.8) is 0 Å². The second kappa shape index (κ2) is 5.01. The topological polar surface area (TPSA) is 44.1 Å². The molecule has 0 bridgehead atoms. The summed E-state index contributed by atoms with van der Waals surface area (Å²) >= 11 is 0. The number of carbonyl (C=O) groups excluding carboxylic acids is 1. The molecule has 17 heavy (non-hydrogen) atoms. The van der Waals surface area contributed by atoms with Crippen LogP contribution in [0.25, 0.3) is 0 Å². The van der Waals surface area contributed by atoms with E-state index in [1.807, 2.05) is 11.0 Å². The van der Waals surface area contributed by atoms with Gasteiger partial charge in [-0.3, -0.25) is 4.79 Å². The molecule has 0 fully saturated rings. The number of amides is 1. The Balaban J connectivity index is 2.10. The molecule has 0 radical (unpaired) electrons. The van der Waals surface area contributed by atoms with Crippen LogP contribution in [-0.4, -0.2) is 17.4 Å². The molecule has 1 aliphatic heterocycles. The van der Waals surface area contributed by atoms with Crippen molar-refractivity contribution >= 4 is 5.91 Å². The van der Waals surface area contributed by atoms with Gasteiger partial charge in [0, 0.05) is 18.7 Å². The number of unbranched alkanes of at least 4 members (excludes halogenated alkanes) is 2. The number of nitriles is 1. The third-order valence-corrected chi connectivity index (χ3v) is 3.15. The second-order valence-corrected chi connectivity index (χ2v) is 4.42. The molecule has 3 heteroatoms. The smallest absolute Gasteiger partial charge is 0.254 e. The van der Waals surface area contributed by atoms with Gasteiger partial charge in [0.05, 0.1) is 11.6 Å². The van der Waals surface area contributed by atoms with Crippen LogP contribution in [0.3, 0.4) is 0 Å². The SMILES string of the molecule is CCCCCN1Cc2ccc(C#N)cc2C1=O. The Hall–Kier alpha value is -1.82. The first-order valence-corrected chi connectivity index (χ1v) is 6.08. The third-order valence-electron chi connectivity index (χ3n) is 3.15. The molecule has 1 heterocycles. The van der Waals surface area contributed by atoms with Gasteiger partial charge in [0.2, 0.25) is 0 Å². The van der Waals surface area contributed by atoms with Crippen molar-refractivity contribution in [1.82, 2.24) is 4.90 Å². The molecule has 0 aliphatic carbocycles. The molecule has 0 saturated heterocycles. The maximum Gasteiger partial charge on any atom is 0.254 e. The monoisotopic (exact) mass is 228 g/mol. The van der Waals surface area contributed by atoms with Crippen LogP contribution < -0.4 is 0 Å². The van der Waals surface area contributed by atoms with Gasteiger partial charge < -0.3 is 4.90 Å². The molecule has 2 rings (SSSR count). The van der Waals surface area contributed by atoms with Crippen LogP contribution in [-0.2, 0) is 6.54 Å². The molecule has 0 aromatic heterocycles. The minimum absolute atomic E-state index is 0.0770. The van der Waals surface area contributed by atoms with E-state index in [9.17, 15) is 4.79 Å². The molecule has 3 nitrogen and oxygen atoms in total. The first kappa shape index (κ1) is 11.7. The highest BCUT2D eigenvalue weighted by atomic mass is 16.2. The fraction of sp³-hybridized carbons (Fsp3) is 0.429. The summed E-state index contributed by atoms with van der Waals surface area (Å²) in [5, 5.41) is 8.82. The van der Waals surface area contributed by atoms with E-state index in [1.54, 1.807) is 12.1 Å². The van der Waals surface area contributed by atoms with Gasteiger partial charge in [-0.25, -0.2) is 0 Å². The highest BCUT2D eigenvalue weighted by Gasteiger charge is 2.26. The summed E-state index contributed by atoms with van der Waals surface area (Å²) < 4.78 is 0. The van der Waals surface area contributed by atoms with Gasteiger partial charge in [-0.15, -0.1) is 0 Å². The van der Waals surface area contributed by atoms with Gasteiger partial charge in [0.25, 0.3) is 5.91 Å². The maximum absolute atomic E-state index is 12.1. The second-order valence-electron chi connectivity index (χ2n) is 4.42. The van der Waals surface area contributed by atoms with Gasteiger partial charge in [-0.1, -0.05) is 25.8 Å². The molecule has 0 saturated carbocycles. The predicted molar refractivity (Wildman–Crippen MR) is 65.4 cm³/mol. The zero-order valence-electron chi connectivity index (χ0n) is 10.1. The van der Waals surface area contributed by atoms with Crippen molar-refractivity contribution in [2.24, 2.45) is 0 Å². The lowest BCUT2D eigenvalue weighted by atomic mass is 10.1. The molecule has 1 aromatic carbocycles.